The molecule has 1 amide bonds. The number of aromatic nitrogens is 2. The Bertz CT molecular complexity index is 1230. The summed E-state index contributed by atoms with van der Waals surface area (Å²) in [6.07, 6.45) is 3.37. The van der Waals surface area contributed by atoms with Crippen LogP contribution in [0.5, 0.6) is 5.75 Å². The van der Waals surface area contributed by atoms with Crippen LogP contribution in [-0.2, 0) is 4.79 Å². The van der Waals surface area contributed by atoms with Crippen LogP contribution in [0.2, 0.25) is 5.02 Å². The van der Waals surface area contributed by atoms with Crippen molar-refractivity contribution in [2.24, 2.45) is 0 Å². The summed E-state index contributed by atoms with van der Waals surface area (Å²) in [5.74, 6) is 0.780. The molecule has 0 bridgehead atoms. The average Bonchev–Trinajstić information content (AvgIpc) is 3.14. The number of amides is 1. The van der Waals surface area contributed by atoms with Gasteiger partial charge in [0.2, 0.25) is 5.89 Å². The molecule has 0 saturated heterocycles. The number of hydrogen-bond donors (Lipinski definition) is 1. The summed E-state index contributed by atoms with van der Waals surface area (Å²) in [6.45, 7) is 3.67. The van der Waals surface area contributed by atoms with E-state index >= 15 is 0 Å². The van der Waals surface area contributed by atoms with Gasteiger partial charge in [-0.2, -0.15) is 0 Å². The zero-order chi connectivity index (χ0) is 21.3. The van der Waals surface area contributed by atoms with Crippen molar-refractivity contribution in [1.29, 1.82) is 0 Å². The number of pyridine rings is 1. The molecule has 0 radical (unpaired) electrons. The molecule has 0 unspecified atom stereocenters. The number of rotatable bonds is 5. The molecule has 1 N–H and O–H groups in total. The molecule has 2 heterocycles. The number of carbonyl (C=O) groups is 1. The number of hydrogen-bond acceptors (Lipinski definition) is 5. The molecule has 152 valence electrons. The number of aryl methyl sites for hydroxylation is 2. The molecule has 0 aliphatic rings. The Hall–Kier alpha value is -2.90. The Morgan fingerprint density at radius 2 is 1.93 bits per heavy atom. The second-order valence-electron chi connectivity index (χ2n) is 6.80. The van der Waals surface area contributed by atoms with Gasteiger partial charge in [-0.3, -0.25) is 9.78 Å². The minimum Gasteiger partial charge on any atom is -0.484 e. The van der Waals surface area contributed by atoms with Crippen molar-refractivity contribution in [1.82, 2.24) is 9.97 Å². The third kappa shape index (κ3) is 4.47. The summed E-state index contributed by atoms with van der Waals surface area (Å²) in [4.78, 5) is 20.9. The molecule has 0 atom stereocenters. The molecule has 0 aliphatic heterocycles. The van der Waals surface area contributed by atoms with Gasteiger partial charge < -0.3 is 14.5 Å². The van der Waals surface area contributed by atoms with Gasteiger partial charge in [0.25, 0.3) is 5.91 Å². The Morgan fingerprint density at radius 3 is 2.67 bits per heavy atom. The fourth-order valence-corrected chi connectivity index (χ4v) is 3.47. The zero-order valence-corrected chi connectivity index (χ0v) is 18.5. The van der Waals surface area contributed by atoms with Gasteiger partial charge in [-0.1, -0.05) is 11.6 Å². The molecule has 4 aromatic rings. The molecule has 2 aromatic heterocycles. The van der Waals surface area contributed by atoms with Gasteiger partial charge in [0, 0.05) is 27.6 Å². The maximum atomic E-state index is 12.3. The molecule has 0 spiro atoms. The molecular weight excluding hydrogens is 470 g/mol. The summed E-state index contributed by atoms with van der Waals surface area (Å²) < 4.78 is 12.2. The molecule has 0 saturated carbocycles. The normalized spacial score (nSPS) is 10.9. The lowest BCUT2D eigenvalue weighted by Crippen LogP contribution is -2.20. The van der Waals surface area contributed by atoms with Crippen LogP contribution in [0.4, 0.5) is 5.69 Å². The van der Waals surface area contributed by atoms with Crippen molar-refractivity contribution >= 4 is 50.2 Å². The molecule has 4 rings (SSSR count). The van der Waals surface area contributed by atoms with Gasteiger partial charge in [0.05, 0.1) is 5.56 Å². The highest BCUT2D eigenvalue weighted by molar-refractivity contribution is 9.10. The molecule has 30 heavy (non-hydrogen) atoms. The number of benzene rings is 2. The van der Waals surface area contributed by atoms with Crippen LogP contribution in [0, 0.1) is 13.8 Å². The predicted octanol–water partition coefficient (Wildman–Crippen LogP) is 5.94. The number of nitrogens with zero attached hydrogens (tertiary/aromatic N) is 2. The smallest absolute Gasteiger partial charge is 0.262 e. The van der Waals surface area contributed by atoms with Crippen molar-refractivity contribution in [3.05, 3.63) is 69.4 Å². The van der Waals surface area contributed by atoms with Gasteiger partial charge in [-0.05, 0) is 77.3 Å². The standard InChI is InChI=1S/C22H17BrClN3O3/c1-12-5-17(6-13(2)21(12)24)29-11-20(28)26-16-3-4-19-18(8-16)27-22(30-19)14-7-15(23)10-25-9-14/h3-10H,11H2,1-2H3,(H,26,28). The third-order valence-corrected chi connectivity index (χ3v) is 5.43. The van der Waals surface area contributed by atoms with E-state index in [0.717, 1.165) is 21.2 Å². The maximum absolute atomic E-state index is 12.3. The SMILES string of the molecule is Cc1cc(OCC(=O)Nc2ccc3oc(-c4cncc(Br)c4)nc3c2)cc(C)c1Cl. The lowest BCUT2D eigenvalue weighted by atomic mass is 10.1. The van der Waals surface area contributed by atoms with Crippen LogP contribution < -0.4 is 10.1 Å². The number of anilines is 1. The number of carbonyl (C=O) groups excluding carboxylic acids is 1. The highest BCUT2D eigenvalue weighted by atomic mass is 79.9. The first-order chi connectivity index (χ1) is 14.4. The van der Waals surface area contributed by atoms with E-state index in [-0.39, 0.29) is 12.5 Å². The van der Waals surface area contributed by atoms with E-state index in [1.807, 2.05) is 32.0 Å². The minimum atomic E-state index is -0.278. The summed E-state index contributed by atoms with van der Waals surface area (Å²) in [5, 5.41) is 3.51. The summed E-state index contributed by atoms with van der Waals surface area (Å²) in [5.41, 5.74) is 4.42. The topological polar surface area (TPSA) is 77.2 Å². The molecular formula is C22H17BrClN3O3. The molecule has 0 aliphatic carbocycles. The predicted molar refractivity (Wildman–Crippen MR) is 120 cm³/mol. The van der Waals surface area contributed by atoms with Crippen molar-refractivity contribution in [2.45, 2.75) is 13.8 Å². The Balaban J connectivity index is 1.45. The quantitative estimate of drug-likeness (QED) is 0.378. The Kier molecular flexibility index (Phi) is 5.74. The van der Waals surface area contributed by atoms with Crippen molar-refractivity contribution in [3.63, 3.8) is 0 Å². The number of fused-ring (bicyclic) bond motifs is 1. The third-order valence-electron chi connectivity index (χ3n) is 4.40. The van der Waals surface area contributed by atoms with Gasteiger partial charge in [-0.25, -0.2) is 4.98 Å². The fraction of sp³-hybridized carbons (Fsp3) is 0.136. The van der Waals surface area contributed by atoms with Gasteiger partial charge >= 0.3 is 0 Å². The first kappa shape index (κ1) is 20.4. The van der Waals surface area contributed by atoms with Crippen LogP contribution in [0.1, 0.15) is 11.1 Å². The van der Waals surface area contributed by atoms with Gasteiger partial charge in [-0.15, -0.1) is 0 Å². The van der Waals surface area contributed by atoms with Gasteiger partial charge in [0.15, 0.2) is 12.2 Å². The van der Waals surface area contributed by atoms with E-state index in [2.05, 4.69) is 31.2 Å². The largest absolute Gasteiger partial charge is 0.484 e. The van der Waals surface area contributed by atoms with E-state index in [0.29, 0.717) is 33.4 Å². The molecule has 6 nitrogen and oxygen atoms in total. The molecule has 2 aromatic carbocycles. The maximum Gasteiger partial charge on any atom is 0.262 e. The van der Waals surface area contributed by atoms with Crippen LogP contribution in [0.25, 0.3) is 22.6 Å². The highest BCUT2D eigenvalue weighted by Crippen LogP contribution is 2.28. The van der Waals surface area contributed by atoms with Crippen molar-refractivity contribution in [3.8, 4) is 17.2 Å². The van der Waals surface area contributed by atoms with Crippen molar-refractivity contribution < 1.29 is 13.9 Å². The number of halogens is 2. The Morgan fingerprint density at radius 1 is 1.17 bits per heavy atom. The first-order valence-corrected chi connectivity index (χ1v) is 10.3. The second kappa shape index (κ2) is 8.45. The number of ether oxygens (including phenoxy) is 1. The molecule has 0 fully saturated rings. The first-order valence-electron chi connectivity index (χ1n) is 9.10. The van der Waals surface area contributed by atoms with E-state index in [1.54, 1.807) is 30.6 Å². The fourth-order valence-electron chi connectivity index (χ4n) is 2.99. The second-order valence-corrected chi connectivity index (χ2v) is 8.09. The van der Waals surface area contributed by atoms with E-state index in [4.69, 9.17) is 20.8 Å². The lowest BCUT2D eigenvalue weighted by molar-refractivity contribution is -0.118. The van der Waals surface area contributed by atoms with E-state index < -0.39 is 0 Å². The number of nitrogens with one attached hydrogen (secondary N) is 1. The zero-order valence-electron chi connectivity index (χ0n) is 16.2. The molecule has 8 heteroatoms. The van der Waals surface area contributed by atoms with Gasteiger partial charge in [0.1, 0.15) is 11.3 Å². The Labute approximate surface area is 186 Å². The van der Waals surface area contributed by atoms with Crippen LogP contribution in [-0.4, -0.2) is 22.5 Å². The monoisotopic (exact) mass is 485 g/mol. The average molecular weight is 487 g/mol. The summed E-state index contributed by atoms with van der Waals surface area (Å²) in [6, 6.07) is 10.8. The minimum absolute atomic E-state index is 0.119. The van der Waals surface area contributed by atoms with Crippen LogP contribution in [0.3, 0.4) is 0 Å². The van der Waals surface area contributed by atoms with Crippen molar-refractivity contribution in [2.75, 3.05) is 11.9 Å². The van der Waals surface area contributed by atoms with Crippen LogP contribution >= 0.6 is 27.5 Å². The lowest BCUT2D eigenvalue weighted by Gasteiger charge is -2.10. The summed E-state index contributed by atoms with van der Waals surface area (Å²) in [7, 11) is 0. The summed E-state index contributed by atoms with van der Waals surface area (Å²) >= 11 is 9.55. The van der Waals surface area contributed by atoms with Crippen LogP contribution in [0.15, 0.2) is 57.7 Å². The van der Waals surface area contributed by atoms with E-state index in [9.17, 15) is 4.79 Å². The highest BCUT2D eigenvalue weighted by Gasteiger charge is 2.11. The van der Waals surface area contributed by atoms with E-state index in [1.165, 1.54) is 0 Å². The number of oxazole rings is 1.